The molecule has 17 unspecified atom stereocenters. The first-order valence-electron chi connectivity index (χ1n) is 34.3. The zero-order valence-corrected chi connectivity index (χ0v) is 52.4. The molecule has 1 amide bonds. The van der Waals surface area contributed by atoms with Gasteiger partial charge in [-0.05, 0) is 12.8 Å². The van der Waals surface area contributed by atoms with E-state index in [1.54, 1.807) is 0 Å². The first-order valence-corrected chi connectivity index (χ1v) is 34.3. The van der Waals surface area contributed by atoms with Crippen LogP contribution in [-0.4, -0.2) is 193 Å². The molecule has 498 valence electrons. The van der Waals surface area contributed by atoms with Crippen LogP contribution in [0.4, 0.5) is 0 Å². The maximum Gasteiger partial charge on any atom is 0.220 e. The Morgan fingerprint density at radius 2 is 0.679 bits per heavy atom. The van der Waals surface area contributed by atoms with Crippen LogP contribution in [0.1, 0.15) is 277 Å². The minimum atomic E-state index is -1.97. The summed E-state index contributed by atoms with van der Waals surface area (Å²) < 4.78 is 34.4. The van der Waals surface area contributed by atoms with E-state index in [0.29, 0.717) is 12.8 Å². The minimum Gasteiger partial charge on any atom is -0.394 e. The number of carbonyl (C=O) groups is 1. The van der Waals surface area contributed by atoms with Gasteiger partial charge in [-0.3, -0.25) is 4.79 Å². The lowest BCUT2D eigenvalue weighted by atomic mass is 9.96. The molecule has 0 aromatic carbocycles. The summed E-state index contributed by atoms with van der Waals surface area (Å²) in [6.07, 6.45) is 23.4. The highest BCUT2D eigenvalue weighted by molar-refractivity contribution is 5.76. The van der Waals surface area contributed by atoms with Crippen molar-refractivity contribution in [3.63, 3.8) is 0 Å². The summed E-state index contributed by atoms with van der Waals surface area (Å²) in [5, 5.41) is 121. The van der Waals surface area contributed by atoms with Crippen LogP contribution in [-0.2, 0) is 33.2 Å². The van der Waals surface area contributed by atoms with Crippen LogP contribution in [0.25, 0.3) is 0 Å². The number of aliphatic hydroxyl groups is 11. The van der Waals surface area contributed by atoms with Crippen molar-refractivity contribution in [3.8, 4) is 0 Å². The molecule has 17 atom stereocenters. The summed E-state index contributed by atoms with van der Waals surface area (Å²) in [4.78, 5) is 13.4. The van der Waals surface area contributed by atoms with Gasteiger partial charge in [-0.25, -0.2) is 0 Å². The lowest BCUT2D eigenvalue weighted by molar-refractivity contribution is -0.379. The van der Waals surface area contributed by atoms with Gasteiger partial charge in [-0.15, -0.1) is 0 Å². The molecule has 0 saturated carbocycles. The third-order valence-corrected chi connectivity index (χ3v) is 17.7. The van der Waals surface area contributed by atoms with E-state index in [9.17, 15) is 61.0 Å². The summed E-state index contributed by atoms with van der Waals surface area (Å²) in [6, 6.07) is -0.881. The van der Waals surface area contributed by atoms with Crippen molar-refractivity contribution >= 4 is 5.91 Å². The van der Waals surface area contributed by atoms with Gasteiger partial charge in [0.1, 0.15) is 73.2 Å². The summed E-state index contributed by atoms with van der Waals surface area (Å²) in [7, 11) is 0. The van der Waals surface area contributed by atoms with Crippen LogP contribution in [0.2, 0.25) is 0 Å². The van der Waals surface area contributed by atoms with Crippen LogP contribution in [0, 0.1) is 0 Å². The molecule has 0 bridgehead atoms. The maximum atomic E-state index is 13.4. The summed E-state index contributed by atoms with van der Waals surface area (Å²) in [6.45, 7) is 1.83. The second kappa shape index (κ2) is 48.6. The number of hydrogen-bond donors (Lipinski definition) is 12. The molecule has 0 radical (unpaired) electrons. The Balaban J connectivity index is 1.41. The Labute approximate surface area is 506 Å². The van der Waals surface area contributed by atoms with Crippen molar-refractivity contribution in [2.24, 2.45) is 0 Å². The zero-order chi connectivity index (χ0) is 61.2. The quantitative estimate of drug-likeness (QED) is 0.0255. The van der Waals surface area contributed by atoms with Crippen LogP contribution in [0.3, 0.4) is 0 Å². The smallest absolute Gasteiger partial charge is 0.220 e. The molecule has 0 aromatic rings. The zero-order valence-electron chi connectivity index (χ0n) is 52.4. The highest BCUT2D eigenvalue weighted by atomic mass is 16.8. The molecule has 3 rings (SSSR count). The van der Waals surface area contributed by atoms with E-state index in [0.717, 1.165) is 44.9 Å². The molecule has 3 aliphatic heterocycles. The molecule has 84 heavy (non-hydrogen) atoms. The lowest BCUT2D eigenvalue weighted by Gasteiger charge is -2.48. The lowest BCUT2D eigenvalue weighted by Crippen LogP contribution is -2.66. The summed E-state index contributed by atoms with van der Waals surface area (Å²) in [5.74, 6) is -0.238. The molecule has 3 saturated heterocycles. The predicted octanol–water partition coefficient (Wildman–Crippen LogP) is 8.33. The SMILES string of the molecule is CCCCCCCCCCCCCCCCCCCCCCCCCCCCC(O)C(COC1OC(CO)C(OC2OC(CO)C(OC3OC(CO)C(O)C(O)C3O)C(O)C2O)C(O)C1O)NC(=O)CCCCCCCCCCCCCCC. The van der Waals surface area contributed by atoms with Gasteiger partial charge in [0, 0.05) is 6.42 Å². The molecule has 3 aliphatic rings. The van der Waals surface area contributed by atoms with Crippen LogP contribution < -0.4 is 5.32 Å². The summed E-state index contributed by atoms with van der Waals surface area (Å²) in [5.41, 5.74) is 0. The standard InChI is InChI=1S/C65H125NO18/c1-3-5-7-9-11-13-15-17-18-19-20-21-22-23-24-25-26-27-28-29-31-32-34-36-38-40-42-49(70)48(66-53(71)43-41-39-37-35-33-30-16-14-12-10-8-6-4-2)47-79-63-59(77)56(74)61(51(45-68)81-63)84-65-60(78)57(75)62(52(46-69)82-65)83-64-58(76)55(73)54(72)50(44-67)80-64/h48-52,54-65,67-70,72-78H,3-47H2,1-2H3,(H,66,71). The summed E-state index contributed by atoms with van der Waals surface area (Å²) >= 11 is 0. The van der Waals surface area contributed by atoms with Gasteiger partial charge in [-0.2, -0.15) is 0 Å². The monoisotopic (exact) mass is 1210 g/mol. The highest BCUT2D eigenvalue weighted by Crippen LogP contribution is 2.33. The molecule has 3 heterocycles. The fourth-order valence-electron chi connectivity index (χ4n) is 12.1. The first-order chi connectivity index (χ1) is 40.8. The Hall–Kier alpha value is -1.21. The molecule has 12 N–H and O–H groups in total. The number of aliphatic hydroxyl groups excluding tert-OH is 11. The fourth-order valence-corrected chi connectivity index (χ4v) is 12.1. The molecule has 0 aliphatic carbocycles. The van der Waals surface area contributed by atoms with Crippen molar-refractivity contribution in [1.82, 2.24) is 5.32 Å². The highest BCUT2D eigenvalue weighted by Gasteiger charge is 2.53. The van der Waals surface area contributed by atoms with Gasteiger partial charge in [0.2, 0.25) is 5.91 Å². The van der Waals surface area contributed by atoms with E-state index >= 15 is 0 Å². The van der Waals surface area contributed by atoms with E-state index in [1.165, 1.54) is 199 Å². The fraction of sp³-hybridized carbons (Fsp3) is 0.985. The van der Waals surface area contributed by atoms with E-state index in [2.05, 4.69) is 19.2 Å². The Morgan fingerprint density at radius 3 is 1.04 bits per heavy atom. The van der Waals surface area contributed by atoms with Gasteiger partial charge in [0.15, 0.2) is 18.9 Å². The number of nitrogens with one attached hydrogen (secondary N) is 1. The molecule has 19 nitrogen and oxygen atoms in total. The molecule has 3 fully saturated rings. The van der Waals surface area contributed by atoms with Crippen LogP contribution in [0.15, 0.2) is 0 Å². The van der Waals surface area contributed by atoms with Crippen molar-refractivity contribution < 1.29 is 89.4 Å². The number of hydrogen-bond acceptors (Lipinski definition) is 18. The third-order valence-electron chi connectivity index (χ3n) is 17.7. The number of amides is 1. The first kappa shape index (κ1) is 77.0. The van der Waals surface area contributed by atoms with Crippen molar-refractivity contribution in [1.29, 1.82) is 0 Å². The molecule has 0 aromatic heterocycles. The van der Waals surface area contributed by atoms with Gasteiger partial charge in [0.25, 0.3) is 0 Å². The number of rotatable bonds is 53. The minimum absolute atomic E-state index is 0.238. The average molecular weight is 1210 g/mol. The van der Waals surface area contributed by atoms with Crippen molar-refractivity contribution in [2.45, 2.75) is 381 Å². The number of carbonyl (C=O) groups excluding carboxylic acids is 1. The van der Waals surface area contributed by atoms with E-state index in [-0.39, 0.29) is 18.9 Å². The topological polar surface area (TPSA) is 307 Å². The molecule has 0 spiro atoms. The van der Waals surface area contributed by atoms with Gasteiger partial charge in [0.05, 0.1) is 38.6 Å². The molecular formula is C65H125NO18. The van der Waals surface area contributed by atoms with Crippen LogP contribution in [0.5, 0.6) is 0 Å². The largest absolute Gasteiger partial charge is 0.394 e. The Bertz CT molecular complexity index is 1540. The van der Waals surface area contributed by atoms with Crippen molar-refractivity contribution in [3.05, 3.63) is 0 Å². The molecule has 19 heteroatoms. The average Bonchev–Trinajstić information content (AvgIpc) is 3.22. The Kier molecular flexibility index (Phi) is 44.6. The Morgan fingerprint density at radius 1 is 0.381 bits per heavy atom. The number of unbranched alkanes of at least 4 members (excludes halogenated alkanes) is 37. The predicted molar refractivity (Wildman–Crippen MR) is 324 cm³/mol. The van der Waals surface area contributed by atoms with Crippen molar-refractivity contribution in [2.75, 3.05) is 26.4 Å². The van der Waals surface area contributed by atoms with Gasteiger partial charge < -0.3 is 89.9 Å². The third kappa shape index (κ3) is 31.0. The van der Waals surface area contributed by atoms with E-state index in [1.807, 2.05) is 0 Å². The van der Waals surface area contributed by atoms with Crippen LogP contribution >= 0.6 is 0 Å². The normalized spacial score (nSPS) is 29.1. The van der Waals surface area contributed by atoms with E-state index in [4.69, 9.17) is 28.4 Å². The van der Waals surface area contributed by atoms with Gasteiger partial charge >= 0.3 is 0 Å². The second-order valence-electron chi connectivity index (χ2n) is 25.0. The van der Waals surface area contributed by atoms with Gasteiger partial charge in [-0.1, -0.05) is 258 Å². The second-order valence-corrected chi connectivity index (χ2v) is 25.0. The molecular weight excluding hydrogens is 1080 g/mol. The van der Waals surface area contributed by atoms with E-state index < -0.39 is 124 Å². The number of ether oxygens (including phenoxy) is 6. The maximum absolute atomic E-state index is 13.4.